The van der Waals surface area contributed by atoms with E-state index in [1.165, 1.54) is 12.1 Å². The van der Waals surface area contributed by atoms with Crippen molar-refractivity contribution in [1.29, 1.82) is 0 Å². The molecule has 0 spiro atoms. The van der Waals surface area contributed by atoms with Crippen molar-refractivity contribution < 1.29 is 9.90 Å². The summed E-state index contributed by atoms with van der Waals surface area (Å²) in [6.07, 6.45) is 0. The van der Waals surface area contributed by atoms with Crippen LogP contribution in [0.2, 0.25) is 0 Å². The van der Waals surface area contributed by atoms with Gasteiger partial charge in [0.15, 0.2) is 0 Å². The zero-order valence-corrected chi connectivity index (χ0v) is 5.89. The first kappa shape index (κ1) is 7.02. The van der Waals surface area contributed by atoms with Gasteiger partial charge >= 0.3 is 5.97 Å². The largest absolute Gasteiger partial charge is 0.478 e. The minimum absolute atomic E-state index is 0.243. The Bertz CT molecular complexity index is 258. The molecular formula is C7H5O2S. The number of aromatic carboxylic acids is 1. The second-order valence-corrected chi connectivity index (χ2v) is 2.30. The summed E-state index contributed by atoms with van der Waals surface area (Å²) in [6, 6.07) is 6.28. The van der Waals surface area contributed by atoms with Crippen LogP contribution in [0.15, 0.2) is 29.2 Å². The molecule has 0 amide bonds. The van der Waals surface area contributed by atoms with E-state index in [0.717, 1.165) is 0 Å². The molecule has 51 valence electrons. The molecule has 1 aromatic carbocycles. The molecule has 1 rings (SSSR count). The predicted octanol–water partition coefficient (Wildman–Crippen LogP) is 1.94. The van der Waals surface area contributed by atoms with Crippen LogP contribution in [0, 0.1) is 0 Å². The number of benzene rings is 1. The van der Waals surface area contributed by atoms with E-state index < -0.39 is 5.97 Å². The Hall–Kier alpha value is -1.09. The van der Waals surface area contributed by atoms with Crippen LogP contribution in [0.25, 0.3) is 0 Å². The molecule has 0 atom stereocenters. The van der Waals surface area contributed by atoms with E-state index in [1.807, 2.05) is 0 Å². The summed E-state index contributed by atoms with van der Waals surface area (Å²) in [5.74, 6) is -0.938. The topological polar surface area (TPSA) is 37.3 Å². The van der Waals surface area contributed by atoms with Crippen LogP contribution >= 0.6 is 12.6 Å². The Labute approximate surface area is 63.9 Å². The highest BCUT2D eigenvalue weighted by atomic mass is 32.1. The zero-order chi connectivity index (χ0) is 7.56. The first-order valence-electron chi connectivity index (χ1n) is 2.70. The maximum atomic E-state index is 10.3. The maximum Gasteiger partial charge on any atom is 0.335 e. The summed E-state index contributed by atoms with van der Waals surface area (Å²) in [4.78, 5) is 10.9. The SMILES string of the molecule is O=C(O)c1cccc([S])c1. The number of hydrogen-bond acceptors (Lipinski definition) is 1. The third kappa shape index (κ3) is 1.45. The van der Waals surface area contributed by atoms with Gasteiger partial charge in [-0.05, 0) is 18.2 Å². The second-order valence-electron chi connectivity index (χ2n) is 1.83. The molecule has 0 aliphatic carbocycles. The number of carbonyl (C=O) groups is 1. The van der Waals surface area contributed by atoms with Crippen molar-refractivity contribution in [3.8, 4) is 0 Å². The van der Waals surface area contributed by atoms with Crippen molar-refractivity contribution in [2.45, 2.75) is 4.90 Å². The Kier molecular flexibility index (Phi) is 1.87. The van der Waals surface area contributed by atoms with Crippen LogP contribution in [0.3, 0.4) is 0 Å². The molecule has 1 radical (unpaired) electrons. The highest BCUT2D eigenvalue weighted by molar-refractivity contribution is 7.80. The highest BCUT2D eigenvalue weighted by Crippen LogP contribution is 2.07. The summed E-state index contributed by atoms with van der Waals surface area (Å²) in [6.45, 7) is 0. The lowest BCUT2D eigenvalue weighted by atomic mass is 10.2. The molecule has 10 heavy (non-hydrogen) atoms. The van der Waals surface area contributed by atoms with Crippen LogP contribution < -0.4 is 0 Å². The minimum Gasteiger partial charge on any atom is -0.478 e. The molecular weight excluding hydrogens is 148 g/mol. The standard InChI is InChI=1S/C7H5O2S/c8-7(9)5-2-1-3-6(10)4-5/h1-4H,(H,8,9). The molecule has 1 N–H and O–H groups in total. The van der Waals surface area contributed by atoms with E-state index in [9.17, 15) is 4.79 Å². The van der Waals surface area contributed by atoms with Crippen LogP contribution in [-0.2, 0) is 0 Å². The quantitative estimate of drug-likeness (QED) is 0.669. The third-order valence-corrected chi connectivity index (χ3v) is 1.33. The summed E-state index contributed by atoms with van der Waals surface area (Å²) >= 11 is 4.76. The molecule has 3 heteroatoms. The highest BCUT2D eigenvalue weighted by Gasteiger charge is 2.00. The number of carboxylic acid groups (broad SMARTS) is 1. The lowest BCUT2D eigenvalue weighted by molar-refractivity contribution is 0.0696. The Morgan fingerprint density at radius 3 is 2.60 bits per heavy atom. The van der Waals surface area contributed by atoms with Gasteiger partial charge < -0.3 is 5.11 Å². The monoisotopic (exact) mass is 153 g/mol. The van der Waals surface area contributed by atoms with Crippen LogP contribution in [0.5, 0.6) is 0 Å². The van der Waals surface area contributed by atoms with Crippen molar-refractivity contribution in [3.63, 3.8) is 0 Å². The van der Waals surface area contributed by atoms with Gasteiger partial charge in [-0.1, -0.05) is 18.7 Å². The number of rotatable bonds is 1. The lowest BCUT2D eigenvalue weighted by Gasteiger charge is -1.92. The molecule has 0 aliphatic rings. The van der Waals surface area contributed by atoms with Crippen molar-refractivity contribution in [2.75, 3.05) is 0 Å². The predicted molar refractivity (Wildman–Crippen MR) is 39.3 cm³/mol. The first-order valence-corrected chi connectivity index (χ1v) is 3.11. The van der Waals surface area contributed by atoms with E-state index in [1.54, 1.807) is 12.1 Å². The molecule has 0 fully saturated rings. The molecule has 0 heterocycles. The summed E-state index contributed by atoms with van der Waals surface area (Å²) < 4.78 is 0. The van der Waals surface area contributed by atoms with Crippen LogP contribution in [0.1, 0.15) is 10.4 Å². The van der Waals surface area contributed by atoms with E-state index in [4.69, 9.17) is 17.7 Å². The smallest absolute Gasteiger partial charge is 0.335 e. The molecule has 0 aromatic heterocycles. The fraction of sp³-hybridized carbons (Fsp3) is 0. The van der Waals surface area contributed by atoms with Gasteiger partial charge in [-0.15, -0.1) is 0 Å². The van der Waals surface area contributed by atoms with Gasteiger partial charge in [-0.3, -0.25) is 0 Å². The Morgan fingerprint density at radius 2 is 2.20 bits per heavy atom. The molecule has 2 nitrogen and oxygen atoms in total. The molecule has 0 bridgehead atoms. The number of carboxylic acids is 1. The van der Waals surface area contributed by atoms with Gasteiger partial charge in [0.25, 0.3) is 0 Å². The van der Waals surface area contributed by atoms with Crippen molar-refractivity contribution in [1.82, 2.24) is 0 Å². The summed E-state index contributed by atoms with van der Waals surface area (Å²) in [7, 11) is 0. The third-order valence-electron chi connectivity index (χ3n) is 1.08. The summed E-state index contributed by atoms with van der Waals surface area (Å²) in [5.41, 5.74) is 0.243. The molecule has 0 aliphatic heterocycles. The zero-order valence-electron chi connectivity index (χ0n) is 5.07. The average molecular weight is 153 g/mol. The molecule has 0 unspecified atom stereocenters. The summed E-state index contributed by atoms with van der Waals surface area (Å²) in [5, 5.41) is 8.46. The average Bonchev–Trinajstić information content (AvgIpc) is 1.88. The van der Waals surface area contributed by atoms with Gasteiger partial charge in [-0.2, -0.15) is 0 Å². The Balaban J connectivity index is 3.07. The second kappa shape index (κ2) is 2.66. The number of hydrogen-bond donors (Lipinski definition) is 1. The fourth-order valence-electron chi connectivity index (χ4n) is 0.629. The van der Waals surface area contributed by atoms with Gasteiger partial charge in [0.2, 0.25) is 0 Å². The van der Waals surface area contributed by atoms with Crippen molar-refractivity contribution in [3.05, 3.63) is 29.8 Å². The normalized spacial score (nSPS) is 9.20. The Morgan fingerprint density at radius 1 is 1.50 bits per heavy atom. The molecule has 0 saturated carbocycles. The van der Waals surface area contributed by atoms with E-state index in [-0.39, 0.29) is 5.56 Å². The van der Waals surface area contributed by atoms with Gasteiger partial charge in [0.05, 0.1) is 5.56 Å². The van der Waals surface area contributed by atoms with E-state index in [0.29, 0.717) is 4.90 Å². The van der Waals surface area contributed by atoms with E-state index in [2.05, 4.69) is 0 Å². The first-order chi connectivity index (χ1) is 4.70. The fourth-order valence-corrected chi connectivity index (χ4v) is 0.835. The molecule has 0 saturated heterocycles. The van der Waals surface area contributed by atoms with Crippen molar-refractivity contribution in [2.24, 2.45) is 0 Å². The van der Waals surface area contributed by atoms with Crippen LogP contribution in [0.4, 0.5) is 0 Å². The van der Waals surface area contributed by atoms with E-state index >= 15 is 0 Å². The lowest BCUT2D eigenvalue weighted by Crippen LogP contribution is -1.94. The van der Waals surface area contributed by atoms with Gasteiger partial charge in [0.1, 0.15) is 0 Å². The van der Waals surface area contributed by atoms with Gasteiger partial charge in [0, 0.05) is 4.90 Å². The minimum atomic E-state index is -0.938. The maximum absolute atomic E-state index is 10.3. The molecule has 1 aromatic rings. The van der Waals surface area contributed by atoms with Crippen LogP contribution in [-0.4, -0.2) is 11.1 Å². The van der Waals surface area contributed by atoms with Gasteiger partial charge in [-0.25, -0.2) is 4.79 Å². The van der Waals surface area contributed by atoms with Crippen molar-refractivity contribution >= 4 is 18.6 Å².